The van der Waals surface area contributed by atoms with E-state index >= 15 is 0 Å². The van der Waals surface area contributed by atoms with Gasteiger partial charge in [0.15, 0.2) is 11.6 Å². The van der Waals surface area contributed by atoms with Crippen LogP contribution in [0.2, 0.25) is 10.0 Å². The van der Waals surface area contributed by atoms with Crippen molar-refractivity contribution in [3.05, 3.63) is 56.3 Å². The topological polar surface area (TPSA) is 37.4 Å². The zero-order valence-electron chi connectivity index (χ0n) is 17.7. The van der Waals surface area contributed by atoms with Gasteiger partial charge < -0.3 is 4.90 Å². The van der Waals surface area contributed by atoms with Gasteiger partial charge in [-0.15, -0.1) is 0 Å². The lowest BCUT2D eigenvalue weighted by Gasteiger charge is -2.48. The van der Waals surface area contributed by atoms with Gasteiger partial charge in [-0.1, -0.05) is 57.0 Å². The average Bonchev–Trinajstić information content (AvgIpc) is 2.55. The van der Waals surface area contributed by atoms with E-state index in [1.54, 1.807) is 12.1 Å². The van der Waals surface area contributed by atoms with Crippen molar-refractivity contribution in [3.63, 3.8) is 0 Å². The largest absolute Gasteiger partial charge is 0.351 e. The first kappa shape index (κ1) is 20.7. The lowest BCUT2D eigenvalue weighted by atomic mass is 9.64. The molecule has 154 valence electrons. The van der Waals surface area contributed by atoms with Crippen molar-refractivity contribution in [2.45, 2.75) is 59.3 Å². The number of carbonyl (C=O) groups is 2. The summed E-state index contributed by atoms with van der Waals surface area (Å²) >= 11 is 12.7. The number of carbonyl (C=O) groups excluding carboxylic acids is 2. The molecule has 3 nitrogen and oxygen atoms in total. The minimum Gasteiger partial charge on any atom is -0.351 e. The van der Waals surface area contributed by atoms with Crippen LogP contribution in [0.25, 0.3) is 0 Å². The monoisotopic (exact) mass is 431 g/mol. The predicted octanol–water partition coefficient (Wildman–Crippen LogP) is 6.31. The fourth-order valence-corrected chi connectivity index (χ4v) is 5.73. The van der Waals surface area contributed by atoms with E-state index in [9.17, 15) is 9.59 Å². The fraction of sp³-hybridized carbons (Fsp3) is 0.500. The summed E-state index contributed by atoms with van der Waals surface area (Å²) in [6.45, 7) is 8.53. The highest BCUT2D eigenvalue weighted by atomic mass is 35.5. The van der Waals surface area contributed by atoms with Gasteiger partial charge in [-0.3, -0.25) is 9.59 Å². The summed E-state index contributed by atoms with van der Waals surface area (Å²) in [5.74, 6) is -0.181. The van der Waals surface area contributed by atoms with Crippen molar-refractivity contribution in [1.82, 2.24) is 4.90 Å². The molecule has 0 bridgehead atoms. The lowest BCUT2D eigenvalue weighted by Crippen LogP contribution is -2.43. The molecule has 5 heteroatoms. The molecule has 4 rings (SSSR count). The van der Waals surface area contributed by atoms with Crippen molar-refractivity contribution in [2.75, 3.05) is 7.05 Å². The second kappa shape index (κ2) is 6.72. The fourth-order valence-electron chi connectivity index (χ4n) is 5.21. The summed E-state index contributed by atoms with van der Waals surface area (Å²) in [6.07, 6.45) is 2.56. The molecule has 0 radical (unpaired) electrons. The molecule has 0 saturated carbocycles. The predicted molar refractivity (Wildman–Crippen MR) is 117 cm³/mol. The van der Waals surface area contributed by atoms with Crippen LogP contribution in [-0.2, 0) is 9.59 Å². The van der Waals surface area contributed by atoms with E-state index in [0.29, 0.717) is 22.9 Å². The lowest BCUT2D eigenvalue weighted by molar-refractivity contribution is -0.119. The van der Waals surface area contributed by atoms with Crippen LogP contribution >= 0.6 is 23.2 Å². The smallest absolute Gasteiger partial charge is 0.162 e. The standard InChI is InChI=1S/C24H27Cl2NO2/c1-23(2)9-16-21(18(28)11-23)20(14-7-6-13(25)8-15(14)26)22-17(27(16)5)10-24(3,4)12-19(22)29/h6-8,20H,9-12H2,1-5H3. The molecule has 0 unspecified atom stereocenters. The molecule has 29 heavy (non-hydrogen) atoms. The summed E-state index contributed by atoms with van der Waals surface area (Å²) in [4.78, 5) is 28.9. The Morgan fingerprint density at radius 3 is 1.79 bits per heavy atom. The first-order chi connectivity index (χ1) is 13.4. The van der Waals surface area contributed by atoms with E-state index in [4.69, 9.17) is 23.2 Å². The van der Waals surface area contributed by atoms with Crippen LogP contribution in [0.4, 0.5) is 0 Å². The Morgan fingerprint density at radius 2 is 1.34 bits per heavy atom. The van der Waals surface area contributed by atoms with Crippen molar-refractivity contribution < 1.29 is 9.59 Å². The minimum absolute atomic E-state index is 0.106. The van der Waals surface area contributed by atoms with Gasteiger partial charge in [-0.2, -0.15) is 0 Å². The van der Waals surface area contributed by atoms with Crippen LogP contribution in [-0.4, -0.2) is 23.5 Å². The van der Waals surface area contributed by atoms with E-state index in [-0.39, 0.29) is 22.4 Å². The van der Waals surface area contributed by atoms with Gasteiger partial charge >= 0.3 is 0 Å². The third-order valence-corrected chi connectivity index (χ3v) is 7.02. The second-order valence-corrected chi connectivity index (χ2v) is 11.1. The van der Waals surface area contributed by atoms with Crippen LogP contribution in [0.15, 0.2) is 40.7 Å². The number of allylic oxidation sites excluding steroid dienone is 4. The Hall–Kier alpha value is -1.58. The Bertz CT molecular complexity index is 946. The molecule has 2 aliphatic carbocycles. The Balaban J connectivity index is 1.99. The number of rotatable bonds is 1. The molecular weight excluding hydrogens is 405 g/mol. The summed E-state index contributed by atoms with van der Waals surface area (Å²) in [7, 11) is 2.01. The van der Waals surface area contributed by atoms with E-state index in [1.165, 1.54) is 0 Å². The Morgan fingerprint density at radius 1 is 0.862 bits per heavy atom. The maximum atomic E-state index is 13.4. The zero-order valence-corrected chi connectivity index (χ0v) is 19.2. The summed E-state index contributed by atoms with van der Waals surface area (Å²) in [5.41, 5.74) is 4.13. The Labute approximate surface area is 182 Å². The molecule has 1 aromatic carbocycles. The third-order valence-electron chi connectivity index (χ3n) is 6.45. The van der Waals surface area contributed by atoms with Gasteiger partial charge in [-0.05, 0) is 41.4 Å². The highest BCUT2D eigenvalue weighted by Crippen LogP contribution is 2.54. The maximum absolute atomic E-state index is 13.4. The van der Waals surface area contributed by atoms with Crippen molar-refractivity contribution in [1.29, 1.82) is 0 Å². The van der Waals surface area contributed by atoms with Crippen molar-refractivity contribution in [2.24, 2.45) is 10.8 Å². The number of hydrogen-bond donors (Lipinski definition) is 0. The van der Waals surface area contributed by atoms with Gasteiger partial charge in [0.05, 0.1) is 0 Å². The highest BCUT2D eigenvalue weighted by Gasteiger charge is 2.48. The molecule has 1 aromatic rings. The van der Waals surface area contributed by atoms with Crippen LogP contribution in [0.3, 0.4) is 0 Å². The summed E-state index contributed by atoms with van der Waals surface area (Å²) in [5, 5.41) is 1.04. The van der Waals surface area contributed by atoms with E-state index in [0.717, 1.165) is 40.9 Å². The number of halogens is 2. The number of nitrogens with zero attached hydrogens (tertiary/aromatic N) is 1. The van der Waals surface area contributed by atoms with E-state index in [2.05, 4.69) is 32.6 Å². The van der Waals surface area contributed by atoms with E-state index in [1.807, 2.05) is 13.1 Å². The molecule has 0 spiro atoms. The maximum Gasteiger partial charge on any atom is 0.162 e. The molecular formula is C24H27Cl2NO2. The molecule has 1 heterocycles. The molecule has 3 aliphatic rings. The van der Waals surface area contributed by atoms with Crippen molar-refractivity contribution >= 4 is 34.8 Å². The number of ketones is 2. The van der Waals surface area contributed by atoms with Crippen molar-refractivity contribution in [3.8, 4) is 0 Å². The molecule has 0 N–H and O–H groups in total. The van der Waals surface area contributed by atoms with Gasteiger partial charge in [-0.25, -0.2) is 0 Å². The number of hydrogen-bond acceptors (Lipinski definition) is 3. The van der Waals surface area contributed by atoms with Gasteiger partial charge in [0.1, 0.15) is 0 Å². The van der Waals surface area contributed by atoms with Crippen LogP contribution in [0.5, 0.6) is 0 Å². The molecule has 0 aromatic heterocycles. The van der Waals surface area contributed by atoms with Crippen LogP contribution < -0.4 is 0 Å². The number of benzene rings is 1. The molecule has 0 amide bonds. The average molecular weight is 432 g/mol. The third kappa shape index (κ3) is 3.47. The van der Waals surface area contributed by atoms with Gasteiger partial charge in [0.2, 0.25) is 0 Å². The van der Waals surface area contributed by atoms with Crippen LogP contribution in [0, 0.1) is 10.8 Å². The summed E-state index contributed by atoms with van der Waals surface area (Å²) < 4.78 is 0. The molecule has 1 aliphatic heterocycles. The first-order valence-corrected chi connectivity index (χ1v) is 10.9. The van der Waals surface area contributed by atoms with E-state index < -0.39 is 5.92 Å². The zero-order chi connectivity index (χ0) is 21.3. The SMILES string of the molecule is CN1C2=C(C(=O)CC(C)(C)C2)C(c2ccc(Cl)cc2Cl)C2=C1CC(C)(C)CC2=O. The molecule has 0 atom stereocenters. The first-order valence-electron chi connectivity index (χ1n) is 10.1. The molecule has 0 saturated heterocycles. The van der Waals surface area contributed by atoms with Gasteiger partial charge in [0.25, 0.3) is 0 Å². The van der Waals surface area contributed by atoms with Gasteiger partial charge in [0, 0.05) is 58.4 Å². The molecule has 0 fully saturated rings. The summed E-state index contributed by atoms with van der Waals surface area (Å²) in [6, 6.07) is 5.36. The number of Topliss-reactive ketones (excluding diaryl/α,β-unsaturated/α-hetero) is 2. The van der Waals surface area contributed by atoms with Crippen LogP contribution in [0.1, 0.15) is 64.9 Å². The minimum atomic E-state index is -0.409. The highest BCUT2D eigenvalue weighted by molar-refractivity contribution is 6.35. The quantitative estimate of drug-likeness (QED) is 0.522. The Kier molecular flexibility index (Phi) is 4.79. The normalized spacial score (nSPS) is 24.0. The second-order valence-electron chi connectivity index (χ2n) is 10.3.